The van der Waals surface area contributed by atoms with Gasteiger partial charge in [0.2, 0.25) is 5.91 Å². The lowest BCUT2D eigenvalue weighted by Crippen LogP contribution is -2.34. The van der Waals surface area contributed by atoms with Crippen LogP contribution in [0.25, 0.3) is 0 Å². The molecule has 0 saturated heterocycles. The van der Waals surface area contributed by atoms with Crippen LogP contribution in [0.15, 0.2) is 42.5 Å². The summed E-state index contributed by atoms with van der Waals surface area (Å²) in [6, 6.07) is 11.1. The number of hydrogen-bond donors (Lipinski definition) is 2. The van der Waals surface area contributed by atoms with Crippen LogP contribution in [0.5, 0.6) is 5.75 Å². The van der Waals surface area contributed by atoms with Crippen LogP contribution in [0.3, 0.4) is 0 Å². The zero-order chi connectivity index (χ0) is 20.0. The summed E-state index contributed by atoms with van der Waals surface area (Å²) in [4.78, 5) is 24.0. The lowest BCUT2D eigenvalue weighted by Gasteiger charge is -2.23. The summed E-state index contributed by atoms with van der Waals surface area (Å²) >= 11 is 0. The third-order valence-electron chi connectivity index (χ3n) is 4.39. The summed E-state index contributed by atoms with van der Waals surface area (Å²) in [5.74, 6) is -1.30. The molecule has 0 aliphatic carbocycles. The molecule has 0 spiro atoms. The predicted molar refractivity (Wildman–Crippen MR) is 102 cm³/mol. The highest BCUT2D eigenvalue weighted by molar-refractivity contribution is 6.11. The second-order valence-corrected chi connectivity index (χ2v) is 6.44. The predicted octanol–water partition coefficient (Wildman–Crippen LogP) is 3.37. The molecular weight excluding hydrogens is 347 g/mol. The van der Waals surface area contributed by atoms with Crippen LogP contribution < -0.4 is 15.8 Å². The molecule has 0 aliphatic heterocycles. The molecule has 0 aliphatic rings. The van der Waals surface area contributed by atoms with Crippen LogP contribution in [0.1, 0.15) is 54.2 Å². The highest BCUT2D eigenvalue weighted by Gasteiger charge is 2.26. The molecular formula is C21H25FN2O3. The van der Waals surface area contributed by atoms with E-state index in [2.05, 4.69) is 5.32 Å². The molecule has 0 aromatic heterocycles. The van der Waals surface area contributed by atoms with Gasteiger partial charge in [-0.3, -0.25) is 9.59 Å². The molecule has 5 nitrogen and oxygen atoms in total. The zero-order valence-corrected chi connectivity index (χ0v) is 15.8. The van der Waals surface area contributed by atoms with E-state index in [0.717, 1.165) is 0 Å². The fourth-order valence-electron chi connectivity index (χ4n) is 3.09. The zero-order valence-electron chi connectivity index (χ0n) is 15.8. The maximum absolute atomic E-state index is 15.4. The first kappa shape index (κ1) is 20.6. The Kier molecular flexibility index (Phi) is 7.07. The first-order chi connectivity index (χ1) is 12.9. The van der Waals surface area contributed by atoms with Gasteiger partial charge in [0.1, 0.15) is 17.1 Å². The Balaban J connectivity index is 2.44. The summed E-state index contributed by atoms with van der Waals surface area (Å²) in [6.45, 7) is 3.71. The van der Waals surface area contributed by atoms with Crippen LogP contribution in [0.4, 0.5) is 4.39 Å². The Morgan fingerprint density at radius 2 is 1.85 bits per heavy atom. The van der Waals surface area contributed by atoms with Gasteiger partial charge in [0.25, 0.3) is 0 Å². The van der Waals surface area contributed by atoms with Gasteiger partial charge in [0.15, 0.2) is 5.78 Å². The van der Waals surface area contributed by atoms with Crippen molar-refractivity contribution in [3.63, 3.8) is 0 Å². The molecule has 0 heterocycles. The van der Waals surface area contributed by atoms with E-state index in [0.29, 0.717) is 17.5 Å². The van der Waals surface area contributed by atoms with Crippen molar-refractivity contribution in [1.82, 2.24) is 5.32 Å². The molecule has 144 valence electrons. The molecule has 3 N–H and O–H groups in total. The summed E-state index contributed by atoms with van der Waals surface area (Å²) in [5.41, 5.74) is 5.88. The van der Waals surface area contributed by atoms with Gasteiger partial charge in [-0.25, -0.2) is 4.39 Å². The molecule has 0 radical (unpaired) electrons. The second kappa shape index (κ2) is 9.28. The largest absolute Gasteiger partial charge is 0.496 e. The molecule has 0 fully saturated rings. The van der Waals surface area contributed by atoms with Crippen molar-refractivity contribution < 1.29 is 18.7 Å². The Hall–Kier alpha value is -2.73. The van der Waals surface area contributed by atoms with Crippen LogP contribution in [0.2, 0.25) is 0 Å². The van der Waals surface area contributed by atoms with Crippen molar-refractivity contribution in [3.05, 3.63) is 65.0 Å². The van der Waals surface area contributed by atoms with E-state index in [1.54, 1.807) is 42.5 Å². The number of nitrogens with two attached hydrogens (primary N) is 1. The van der Waals surface area contributed by atoms with Crippen molar-refractivity contribution in [3.8, 4) is 5.75 Å². The number of methoxy groups -OCH3 is 1. The highest BCUT2D eigenvalue weighted by atomic mass is 19.1. The fraction of sp³-hybridized carbons (Fsp3) is 0.333. The second-order valence-electron chi connectivity index (χ2n) is 6.44. The molecule has 2 aromatic rings. The van der Waals surface area contributed by atoms with Crippen LogP contribution >= 0.6 is 0 Å². The molecule has 2 aromatic carbocycles. The average Bonchev–Trinajstić information content (AvgIpc) is 2.65. The standard InChI is InChI=1S/C21H25FN2O3/c1-4-16(24-13(2)12-18(23)25)15-10-11-17(27-3)19(20(15)22)21(26)14-8-6-5-7-9-14/h5-11,13,16,24H,4,12H2,1-3H3,(H2,23,25)/t13-,16+/m0/s1. The van der Waals surface area contributed by atoms with Crippen molar-refractivity contribution in [2.75, 3.05) is 7.11 Å². The average molecular weight is 372 g/mol. The normalized spacial score (nSPS) is 13.0. The third-order valence-corrected chi connectivity index (χ3v) is 4.39. The van der Waals surface area contributed by atoms with E-state index in [4.69, 9.17) is 10.5 Å². The van der Waals surface area contributed by atoms with E-state index in [9.17, 15) is 9.59 Å². The number of rotatable bonds is 9. The van der Waals surface area contributed by atoms with Crippen LogP contribution in [-0.2, 0) is 4.79 Å². The number of hydrogen-bond acceptors (Lipinski definition) is 4. The first-order valence-electron chi connectivity index (χ1n) is 8.89. The molecule has 27 heavy (non-hydrogen) atoms. The van der Waals surface area contributed by atoms with Gasteiger partial charge in [0, 0.05) is 29.6 Å². The first-order valence-corrected chi connectivity index (χ1v) is 8.89. The Morgan fingerprint density at radius 1 is 1.19 bits per heavy atom. The molecule has 6 heteroatoms. The number of ketones is 1. The van der Waals surface area contributed by atoms with Gasteiger partial charge in [-0.05, 0) is 19.4 Å². The minimum atomic E-state index is -0.617. The lowest BCUT2D eigenvalue weighted by molar-refractivity contribution is -0.118. The molecule has 0 unspecified atom stereocenters. The number of primary amides is 1. The molecule has 0 bridgehead atoms. The van der Waals surface area contributed by atoms with E-state index in [-0.39, 0.29) is 29.8 Å². The maximum Gasteiger partial charge on any atom is 0.218 e. The van der Waals surface area contributed by atoms with Gasteiger partial charge in [-0.1, -0.05) is 43.3 Å². The number of halogens is 1. The lowest BCUT2D eigenvalue weighted by atomic mass is 9.95. The molecule has 1 amide bonds. The fourth-order valence-corrected chi connectivity index (χ4v) is 3.09. The minimum absolute atomic E-state index is 0.0935. The van der Waals surface area contributed by atoms with Gasteiger partial charge in [-0.15, -0.1) is 0 Å². The summed E-state index contributed by atoms with van der Waals surface area (Å²) in [5, 5.41) is 3.21. The van der Waals surface area contributed by atoms with Crippen molar-refractivity contribution in [2.45, 2.75) is 38.8 Å². The number of amides is 1. The van der Waals surface area contributed by atoms with Gasteiger partial charge in [0.05, 0.1) is 7.11 Å². The Bertz CT molecular complexity index is 809. The highest BCUT2D eigenvalue weighted by Crippen LogP contribution is 2.31. The number of nitrogens with one attached hydrogen (secondary N) is 1. The minimum Gasteiger partial charge on any atom is -0.496 e. The summed E-state index contributed by atoms with van der Waals surface area (Å²) < 4.78 is 20.6. The summed E-state index contributed by atoms with van der Waals surface area (Å²) in [6.07, 6.45) is 0.718. The monoisotopic (exact) mass is 372 g/mol. The number of benzene rings is 2. The quantitative estimate of drug-likeness (QED) is 0.661. The topological polar surface area (TPSA) is 81.4 Å². The number of ether oxygens (including phenoxy) is 1. The molecule has 2 atom stereocenters. The SMILES string of the molecule is CC[C@@H](N[C@@H](C)CC(N)=O)c1ccc(OC)c(C(=O)c2ccccc2)c1F. The van der Waals surface area contributed by atoms with Gasteiger partial charge >= 0.3 is 0 Å². The maximum atomic E-state index is 15.4. The van der Waals surface area contributed by atoms with E-state index in [1.807, 2.05) is 13.8 Å². The van der Waals surface area contributed by atoms with E-state index in [1.165, 1.54) is 7.11 Å². The Labute approximate surface area is 158 Å². The summed E-state index contributed by atoms with van der Waals surface area (Å²) in [7, 11) is 1.40. The van der Waals surface area contributed by atoms with Crippen molar-refractivity contribution in [1.29, 1.82) is 0 Å². The third kappa shape index (κ3) is 4.92. The smallest absolute Gasteiger partial charge is 0.218 e. The van der Waals surface area contributed by atoms with Crippen LogP contribution in [-0.4, -0.2) is 24.8 Å². The van der Waals surface area contributed by atoms with Gasteiger partial charge in [-0.2, -0.15) is 0 Å². The van der Waals surface area contributed by atoms with Crippen molar-refractivity contribution >= 4 is 11.7 Å². The van der Waals surface area contributed by atoms with Crippen LogP contribution in [0, 0.1) is 5.82 Å². The van der Waals surface area contributed by atoms with Crippen molar-refractivity contribution in [2.24, 2.45) is 5.73 Å². The van der Waals surface area contributed by atoms with Gasteiger partial charge < -0.3 is 15.8 Å². The number of carbonyl (C=O) groups is 2. The van der Waals surface area contributed by atoms with E-state index < -0.39 is 17.5 Å². The molecule has 2 rings (SSSR count). The molecule has 0 saturated carbocycles. The Morgan fingerprint density at radius 3 is 2.41 bits per heavy atom. The van der Waals surface area contributed by atoms with E-state index >= 15 is 4.39 Å². The number of carbonyl (C=O) groups excluding carboxylic acids is 2.